The van der Waals surface area contributed by atoms with Gasteiger partial charge in [0.25, 0.3) is 5.56 Å². The molecule has 1 N–H and O–H groups in total. The van der Waals surface area contributed by atoms with E-state index in [4.69, 9.17) is 4.74 Å². The molecule has 0 aliphatic carbocycles. The van der Waals surface area contributed by atoms with Gasteiger partial charge in [-0.2, -0.15) is 10.4 Å². The van der Waals surface area contributed by atoms with Gasteiger partial charge in [0, 0.05) is 23.0 Å². The maximum absolute atomic E-state index is 12.1. The molecular formula is C19H16N4O4. The number of aromatic nitrogens is 3. The molecule has 0 atom stereocenters. The van der Waals surface area contributed by atoms with Gasteiger partial charge < -0.3 is 14.5 Å². The molecule has 2 heterocycles. The van der Waals surface area contributed by atoms with Crippen molar-refractivity contribution in [2.45, 2.75) is 13.7 Å². The first-order chi connectivity index (χ1) is 13.0. The third-order valence-electron chi connectivity index (χ3n) is 3.84. The number of hydrogen-bond acceptors (Lipinski definition) is 6. The summed E-state index contributed by atoms with van der Waals surface area (Å²) in [6.45, 7) is 1.78. The lowest BCUT2D eigenvalue weighted by Gasteiger charge is -2.13. The van der Waals surface area contributed by atoms with Gasteiger partial charge in [-0.3, -0.25) is 4.79 Å². The molecule has 136 valence electrons. The molecule has 1 aromatic carbocycles. The second kappa shape index (κ2) is 7.58. The smallest absolute Gasteiger partial charge is 0.358 e. The summed E-state index contributed by atoms with van der Waals surface area (Å²) in [4.78, 5) is 26.2. The highest BCUT2D eigenvalue weighted by Gasteiger charge is 2.15. The quantitative estimate of drug-likeness (QED) is 0.695. The molecule has 0 unspecified atom stereocenters. The minimum absolute atomic E-state index is 0.0173. The van der Waals surface area contributed by atoms with Crippen molar-refractivity contribution < 1.29 is 14.3 Å². The summed E-state index contributed by atoms with van der Waals surface area (Å²) in [5, 5.41) is 13.4. The van der Waals surface area contributed by atoms with Gasteiger partial charge >= 0.3 is 5.97 Å². The highest BCUT2D eigenvalue weighted by atomic mass is 16.5. The lowest BCUT2D eigenvalue weighted by atomic mass is 10.0. The van der Waals surface area contributed by atoms with Crippen LogP contribution in [0.1, 0.15) is 21.7 Å². The molecule has 0 saturated heterocycles. The molecule has 0 aliphatic heterocycles. The van der Waals surface area contributed by atoms with Crippen molar-refractivity contribution >= 4 is 5.97 Å². The Morgan fingerprint density at radius 3 is 2.81 bits per heavy atom. The van der Waals surface area contributed by atoms with Crippen LogP contribution in [0, 0.1) is 18.3 Å². The first-order valence-electron chi connectivity index (χ1n) is 8.01. The number of nitrogens with one attached hydrogen (secondary N) is 1. The van der Waals surface area contributed by atoms with Crippen molar-refractivity contribution in [3.8, 4) is 22.9 Å². The molecule has 27 heavy (non-hydrogen) atoms. The Balaban J connectivity index is 1.92. The van der Waals surface area contributed by atoms with Crippen LogP contribution in [0.5, 0.6) is 5.75 Å². The zero-order valence-corrected chi connectivity index (χ0v) is 14.7. The van der Waals surface area contributed by atoms with Gasteiger partial charge in [0.15, 0.2) is 12.4 Å². The van der Waals surface area contributed by atoms with E-state index in [0.717, 1.165) is 0 Å². The van der Waals surface area contributed by atoms with Gasteiger partial charge in [0.2, 0.25) is 0 Å². The van der Waals surface area contributed by atoms with Crippen molar-refractivity contribution in [2.75, 3.05) is 7.11 Å². The Morgan fingerprint density at radius 2 is 2.07 bits per heavy atom. The standard InChI is InChI=1S/C19H16N4O4/c1-12-9-14(15(10-20)18(24)21-12)13-5-3-4-6-17(13)27-11-23-8-7-16(22-23)19(25)26-2/h3-9H,11H2,1-2H3,(H,21,24). The third kappa shape index (κ3) is 3.72. The fourth-order valence-electron chi connectivity index (χ4n) is 2.61. The molecule has 0 amide bonds. The van der Waals surface area contributed by atoms with E-state index in [0.29, 0.717) is 22.6 Å². The lowest BCUT2D eigenvalue weighted by Crippen LogP contribution is -2.13. The normalized spacial score (nSPS) is 10.3. The molecule has 8 nitrogen and oxygen atoms in total. The fourth-order valence-corrected chi connectivity index (χ4v) is 2.61. The van der Waals surface area contributed by atoms with Crippen LogP contribution in [0.15, 0.2) is 47.4 Å². The monoisotopic (exact) mass is 364 g/mol. The van der Waals surface area contributed by atoms with Crippen molar-refractivity contribution in [1.82, 2.24) is 14.8 Å². The van der Waals surface area contributed by atoms with E-state index in [-0.39, 0.29) is 18.0 Å². The number of nitriles is 1. The number of carbonyl (C=O) groups is 1. The highest BCUT2D eigenvalue weighted by molar-refractivity contribution is 5.86. The number of nitrogens with zero attached hydrogens (tertiary/aromatic N) is 3. The summed E-state index contributed by atoms with van der Waals surface area (Å²) in [6, 6.07) is 12.3. The van der Waals surface area contributed by atoms with Crippen LogP contribution in [0.2, 0.25) is 0 Å². The Bertz CT molecular complexity index is 1090. The van der Waals surface area contributed by atoms with Crippen LogP contribution in [0.25, 0.3) is 11.1 Å². The van der Waals surface area contributed by atoms with Crippen LogP contribution >= 0.6 is 0 Å². The van der Waals surface area contributed by atoms with Gasteiger partial charge in [0.1, 0.15) is 17.4 Å². The number of ether oxygens (including phenoxy) is 2. The van der Waals surface area contributed by atoms with Crippen molar-refractivity contribution in [1.29, 1.82) is 5.26 Å². The number of benzene rings is 1. The molecule has 0 bridgehead atoms. The molecule has 8 heteroatoms. The van der Waals surface area contributed by atoms with Crippen LogP contribution in [-0.2, 0) is 11.5 Å². The number of para-hydroxylation sites is 1. The lowest BCUT2D eigenvalue weighted by molar-refractivity contribution is 0.0592. The number of methoxy groups -OCH3 is 1. The van der Waals surface area contributed by atoms with E-state index >= 15 is 0 Å². The van der Waals surface area contributed by atoms with Crippen LogP contribution in [-0.4, -0.2) is 27.8 Å². The van der Waals surface area contributed by atoms with Crippen LogP contribution in [0.3, 0.4) is 0 Å². The largest absolute Gasteiger partial charge is 0.471 e. The van der Waals surface area contributed by atoms with Crippen molar-refractivity contribution in [3.63, 3.8) is 0 Å². The van der Waals surface area contributed by atoms with E-state index in [1.807, 2.05) is 6.07 Å². The first-order valence-corrected chi connectivity index (χ1v) is 8.01. The second-order valence-electron chi connectivity index (χ2n) is 5.68. The molecule has 0 spiro atoms. The first kappa shape index (κ1) is 17.9. The summed E-state index contributed by atoms with van der Waals surface area (Å²) < 4.78 is 11.9. The van der Waals surface area contributed by atoms with E-state index in [2.05, 4.69) is 14.8 Å². The zero-order valence-electron chi connectivity index (χ0n) is 14.7. The molecule has 0 saturated carbocycles. The summed E-state index contributed by atoms with van der Waals surface area (Å²) in [5.74, 6) is -0.0547. The van der Waals surface area contributed by atoms with E-state index < -0.39 is 11.5 Å². The predicted octanol–water partition coefficient (Wildman–Crippen LogP) is 2.24. The molecule has 3 rings (SSSR count). The Kier molecular flexibility index (Phi) is 5.04. The predicted molar refractivity (Wildman–Crippen MR) is 96.1 cm³/mol. The SMILES string of the molecule is COC(=O)c1ccn(COc2ccccc2-c2cc(C)[nH]c(=O)c2C#N)n1. The third-order valence-corrected chi connectivity index (χ3v) is 3.84. The van der Waals surface area contributed by atoms with Crippen molar-refractivity contribution in [2.24, 2.45) is 0 Å². The van der Waals surface area contributed by atoms with E-state index in [1.165, 1.54) is 17.9 Å². The summed E-state index contributed by atoms with van der Waals surface area (Å²) >= 11 is 0. The Morgan fingerprint density at radius 1 is 1.30 bits per heavy atom. The average molecular weight is 364 g/mol. The zero-order chi connectivity index (χ0) is 19.4. The van der Waals surface area contributed by atoms with Crippen molar-refractivity contribution in [3.05, 3.63) is 69.9 Å². The Labute approximate surface area is 154 Å². The molecule has 3 aromatic rings. The minimum Gasteiger partial charge on any atom is -0.471 e. The molecule has 0 fully saturated rings. The average Bonchev–Trinajstić information content (AvgIpc) is 3.14. The number of H-pyrrole nitrogens is 1. The summed E-state index contributed by atoms with van der Waals surface area (Å²) in [6.07, 6.45) is 1.59. The highest BCUT2D eigenvalue weighted by Crippen LogP contribution is 2.31. The maximum Gasteiger partial charge on any atom is 0.358 e. The number of aryl methyl sites for hydroxylation is 1. The molecule has 0 radical (unpaired) electrons. The second-order valence-corrected chi connectivity index (χ2v) is 5.68. The van der Waals surface area contributed by atoms with Gasteiger partial charge in [0.05, 0.1) is 7.11 Å². The molecule has 2 aromatic heterocycles. The summed E-state index contributed by atoms with van der Waals surface area (Å²) in [7, 11) is 1.28. The number of hydrogen-bond donors (Lipinski definition) is 1. The van der Waals surface area contributed by atoms with Crippen LogP contribution < -0.4 is 10.3 Å². The van der Waals surface area contributed by atoms with Crippen LogP contribution in [0.4, 0.5) is 0 Å². The van der Waals surface area contributed by atoms with E-state index in [1.54, 1.807) is 43.5 Å². The van der Waals surface area contributed by atoms with Gasteiger partial charge in [-0.25, -0.2) is 9.48 Å². The topological polar surface area (TPSA) is 110 Å². The number of pyridine rings is 1. The molecular weight excluding hydrogens is 348 g/mol. The van der Waals surface area contributed by atoms with E-state index in [9.17, 15) is 14.9 Å². The maximum atomic E-state index is 12.1. The number of aromatic amines is 1. The minimum atomic E-state index is -0.535. The molecule has 0 aliphatic rings. The summed E-state index contributed by atoms with van der Waals surface area (Å²) in [5.41, 5.74) is 1.49. The number of carbonyl (C=O) groups excluding carboxylic acids is 1. The Hall–Kier alpha value is -3.86. The fraction of sp³-hybridized carbons (Fsp3) is 0.158. The number of esters is 1. The van der Waals surface area contributed by atoms with Gasteiger partial charge in [-0.1, -0.05) is 18.2 Å². The van der Waals surface area contributed by atoms with Gasteiger partial charge in [-0.05, 0) is 25.1 Å². The van der Waals surface area contributed by atoms with Gasteiger partial charge in [-0.15, -0.1) is 0 Å². The number of rotatable bonds is 5.